The Kier molecular flexibility index (Phi) is 7.31. The second-order valence-electron chi connectivity index (χ2n) is 10.1. The van der Waals surface area contributed by atoms with Crippen molar-refractivity contribution in [2.24, 2.45) is 7.05 Å². The molecule has 0 saturated heterocycles. The van der Waals surface area contributed by atoms with Crippen molar-refractivity contribution in [2.45, 2.75) is 13.3 Å². The molecule has 0 radical (unpaired) electrons. The molecule has 0 aliphatic carbocycles. The van der Waals surface area contributed by atoms with Gasteiger partial charge in [0.15, 0.2) is 5.82 Å². The van der Waals surface area contributed by atoms with E-state index in [1.165, 1.54) is 5.57 Å². The van der Waals surface area contributed by atoms with E-state index in [4.69, 9.17) is 15.5 Å². The molecule has 0 atom stereocenters. The number of hydrogen-bond donors (Lipinski definition) is 2. The Bertz CT molecular complexity index is 1490. The van der Waals surface area contributed by atoms with Crippen LogP contribution in [0.25, 0.3) is 27.9 Å². The van der Waals surface area contributed by atoms with Crippen molar-refractivity contribution in [3.05, 3.63) is 60.1 Å². The van der Waals surface area contributed by atoms with E-state index in [-0.39, 0.29) is 0 Å². The van der Waals surface area contributed by atoms with Gasteiger partial charge in [-0.3, -0.25) is 0 Å². The van der Waals surface area contributed by atoms with Gasteiger partial charge in [0.1, 0.15) is 6.33 Å². The summed E-state index contributed by atoms with van der Waals surface area (Å²) >= 11 is 0. The minimum absolute atomic E-state index is 0.478. The summed E-state index contributed by atoms with van der Waals surface area (Å²) in [6.45, 7) is 5.21. The minimum Gasteiger partial charge on any atom is -0.397 e. The van der Waals surface area contributed by atoms with Crippen molar-refractivity contribution in [3.63, 3.8) is 0 Å². The molecule has 9 nitrogen and oxygen atoms in total. The molecule has 0 unspecified atom stereocenters. The molecule has 0 spiro atoms. The fourth-order valence-electron chi connectivity index (χ4n) is 4.98. The average molecular weight is 513 g/mol. The number of anilines is 4. The largest absolute Gasteiger partial charge is 0.397 e. The first-order valence-electron chi connectivity index (χ1n) is 12.9. The second kappa shape index (κ2) is 10.8. The number of para-hydroxylation sites is 1. The van der Waals surface area contributed by atoms with Crippen LogP contribution in [0.3, 0.4) is 0 Å². The molecule has 3 N–H and O–H groups in total. The number of ether oxygens (including phenoxy) is 1. The smallest absolute Gasteiger partial charge is 0.230 e. The molecule has 0 fully saturated rings. The van der Waals surface area contributed by atoms with Gasteiger partial charge < -0.3 is 30.2 Å². The van der Waals surface area contributed by atoms with E-state index in [2.05, 4.69) is 101 Å². The van der Waals surface area contributed by atoms with Crippen molar-refractivity contribution in [1.29, 1.82) is 0 Å². The molecular formula is C29H36N8O. The number of rotatable bonds is 8. The summed E-state index contributed by atoms with van der Waals surface area (Å²) in [7, 11) is 8.30. The molecule has 0 bridgehead atoms. The number of fused-ring (bicyclic) bond motifs is 1. The van der Waals surface area contributed by atoms with Crippen LogP contribution in [0.15, 0.2) is 48.8 Å². The number of aryl methyl sites for hydroxylation is 2. The van der Waals surface area contributed by atoms with Crippen LogP contribution in [0.5, 0.6) is 0 Å². The van der Waals surface area contributed by atoms with Gasteiger partial charge in [-0.25, -0.2) is 9.97 Å². The number of aromatic nitrogens is 4. The molecule has 1 aliphatic heterocycles. The van der Waals surface area contributed by atoms with Crippen LogP contribution in [-0.4, -0.2) is 71.9 Å². The second-order valence-corrected chi connectivity index (χ2v) is 10.1. The van der Waals surface area contributed by atoms with Crippen LogP contribution >= 0.6 is 0 Å². The molecule has 1 aliphatic rings. The third-order valence-electron chi connectivity index (χ3n) is 7.08. The van der Waals surface area contributed by atoms with E-state index >= 15 is 0 Å². The summed E-state index contributed by atoms with van der Waals surface area (Å²) < 4.78 is 7.81. The van der Waals surface area contributed by atoms with Crippen LogP contribution in [-0.2, 0) is 11.8 Å². The third-order valence-corrected chi connectivity index (χ3v) is 7.08. The predicted molar refractivity (Wildman–Crippen MR) is 156 cm³/mol. The maximum Gasteiger partial charge on any atom is 0.230 e. The maximum absolute atomic E-state index is 6.47. The maximum atomic E-state index is 6.47. The summed E-state index contributed by atoms with van der Waals surface area (Å²) in [5, 5.41) is 4.49. The zero-order chi connectivity index (χ0) is 26.8. The normalized spacial score (nSPS) is 13.7. The van der Waals surface area contributed by atoms with Crippen LogP contribution in [0.1, 0.15) is 17.7 Å². The van der Waals surface area contributed by atoms with Gasteiger partial charge in [-0.05, 0) is 56.8 Å². The van der Waals surface area contributed by atoms with Crippen molar-refractivity contribution >= 4 is 39.5 Å². The van der Waals surface area contributed by atoms with Gasteiger partial charge in [0.05, 0.1) is 35.8 Å². The fraction of sp³-hybridized carbons (Fsp3) is 0.345. The van der Waals surface area contributed by atoms with Gasteiger partial charge in [0.2, 0.25) is 5.95 Å². The van der Waals surface area contributed by atoms with E-state index in [1.807, 2.05) is 6.07 Å². The topological polar surface area (TPSA) is 97.4 Å². The summed E-state index contributed by atoms with van der Waals surface area (Å²) in [5.74, 6) is 1.11. The van der Waals surface area contributed by atoms with E-state index in [0.29, 0.717) is 30.7 Å². The van der Waals surface area contributed by atoms with Crippen molar-refractivity contribution in [1.82, 2.24) is 24.4 Å². The number of hydrogen-bond acceptors (Lipinski definition) is 8. The number of benzene rings is 2. The lowest BCUT2D eigenvalue weighted by Gasteiger charge is -2.24. The first-order chi connectivity index (χ1) is 18.3. The van der Waals surface area contributed by atoms with Gasteiger partial charge in [0, 0.05) is 43.8 Å². The standard InChI is InChI=1S/C29H36N8O/c1-19-16-25(36(4)13-12-35(2)3)22(30)17-23(19)33-29-32-18-31-28(34-29)26-21-8-6-7-9-24(21)37(5)27(26)20-10-14-38-15-11-20/h6-10,16-18H,11-15,30H2,1-5H3,(H,31,32,33,34). The first kappa shape index (κ1) is 25.7. The number of likely N-dealkylation sites (N-methyl/N-ethyl adjacent to an activating group) is 2. The Morgan fingerprint density at radius 2 is 1.92 bits per heavy atom. The highest BCUT2D eigenvalue weighted by atomic mass is 16.5. The lowest BCUT2D eigenvalue weighted by Crippen LogP contribution is -2.29. The number of nitrogens with one attached hydrogen (secondary N) is 1. The monoisotopic (exact) mass is 512 g/mol. The average Bonchev–Trinajstić information content (AvgIpc) is 3.22. The Balaban J connectivity index is 1.50. The molecule has 0 amide bonds. The highest BCUT2D eigenvalue weighted by molar-refractivity contribution is 6.01. The predicted octanol–water partition coefficient (Wildman–Crippen LogP) is 4.47. The Hall–Kier alpha value is -3.95. The van der Waals surface area contributed by atoms with Crippen molar-refractivity contribution in [3.8, 4) is 11.4 Å². The van der Waals surface area contributed by atoms with Gasteiger partial charge in [-0.1, -0.05) is 24.3 Å². The first-order valence-corrected chi connectivity index (χ1v) is 12.9. The zero-order valence-corrected chi connectivity index (χ0v) is 22.8. The molecule has 2 aromatic heterocycles. The van der Waals surface area contributed by atoms with E-state index in [1.54, 1.807) is 6.33 Å². The molecule has 198 valence electrons. The number of nitrogens with zero attached hydrogens (tertiary/aromatic N) is 6. The molecule has 3 heterocycles. The van der Waals surface area contributed by atoms with Crippen LogP contribution < -0.4 is 16.0 Å². The highest BCUT2D eigenvalue weighted by Gasteiger charge is 2.23. The lowest BCUT2D eigenvalue weighted by molar-refractivity contribution is 0.161. The van der Waals surface area contributed by atoms with Gasteiger partial charge in [0.25, 0.3) is 0 Å². The summed E-state index contributed by atoms with van der Waals surface area (Å²) in [5.41, 5.74) is 14.6. The number of nitrogens with two attached hydrogens (primary N) is 1. The molecule has 2 aromatic carbocycles. The third kappa shape index (κ3) is 5.07. The van der Waals surface area contributed by atoms with Crippen molar-refractivity contribution < 1.29 is 4.74 Å². The molecule has 9 heteroatoms. The van der Waals surface area contributed by atoms with Crippen molar-refractivity contribution in [2.75, 3.05) is 63.4 Å². The summed E-state index contributed by atoms with van der Waals surface area (Å²) in [4.78, 5) is 18.3. The SMILES string of the molecule is Cc1cc(N(C)CCN(C)C)c(N)cc1Nc1ncnc(-c2c(C3=CCOCC3)n(C)c3ccccc23)n1. The van der Waals surface area contributed by atoms with E-state index < -0.39 is 0 Å². The summed E-state index contributed by atoms with van der Waals surface area (Å²) in [6.07, 6.45) is 4.57. The van der Waals surface area contributed by atoms with Gasteiger partial charge in [-0.15, -0.1) is 0 Å². The minimum atomic E-state index is 0.478. The molecule has 38 heavy (non-hydrogen) atoms. The number of nitrogen functional groups attached to an aromatic ring is 1. The Labute approximate surface area is 224 Å². The Morgan fingerprint density at radius 3 is 2.68 bits per heavy atom. The molecule has 4 aromatic rings. The zero-order valence-electron chi connectivity index (χ0n) is 22.8. The quantitative estimate of drug-likeness (QED) is 0.334. The van der Waals surface area contributed by atoms with Crippen LogP contribution in [0.4, 0.5) is 23.0 Å². The Morgan fingerprint density at radius 1 is 1.11 bits per heavy atom. The fourth-order valence-corrected chi connectivity index (χ4v) is 4.98. The van der Waals surface area contributed by atoms with Gasteiger partial charge >= 0.3 is 0 Å². The molecular weight excluding hydrogens is 476 g/mol. The van der Waals surface area contributed by atoms with E-state index in [9.17, 15) is 0 Å². The molecule has 5 rings (SSSR count). The van der Waals surface area contributed by atoms with E-state index in [0.717, 1.165) is 58.6 Å². The van der Waals surface area contributed by atoms with Gasteiger partial charge in [-0.2, -0.15) is 4.98 Å². The molecule has 0 saturated carbocycles. The van der Waals surface area contributed by atoms with Crippen LogP contribution in [0.2, 0.25) is 0 Å². The van der Waals surface area contributed by atoms with Crippen LogP contribution in [0, 0.1) is 6.92 Å². The summed E-state index contributed by atoms with van der Waals surface area (Å²) in [6, 6.07) is 12.4. The lowest BCUT2D eigenvalue weighted by atomic mass is 10.0. The highest BCUT2D eigenvalue weighted by Crippen LogP contribution is 2.38.